The number of rotatable bonds is 2. The molecule has 1 unspecified atom stereocenters. The molecular formula is C3H4O3P+. The summed E-state index contributed by atoms with van der Waals surface area (Å²) in [5.74, 6) is -0.659. The first kappa shape index (κ1) is 6.31. The molecule has 1 atom stereocenters. The molecule has 0 aromatic rings. The molecule has 0 aromatic heterocycles. The van der Waals surface area contributed by atoms with Crippen molar-refractivity contribution in [1.82, 2.24) is 0 Å². The van der Waals surface area contributed by atoms with Crippen LogP contribution in [-0.4, -0.2) is 5.97 Å². The smallest absolute Gasteiger partial charge is 0.241 e. The van der Waals surface area contributed by atoms with Crippen LogP contribution < -0.4 is 0 Å². The van der Waals surface area contributed by atoms with Gasteiger partial charge in [0.15, 0.2) is 0 Å². The number of hydrogen-bond acceptors (Lipinski definition) is 3. The quantitative estimate of drug-likeness (QED) is 0.396. The molecule has 0 aliphatic heterocycles. The van der Waals surface area contributed by atoms with Gasteiger partial charge in [0.25, 0.3) is 0 Å². The van der Waals surface area contributed by atoms with Gasteiger partial charge in [0.05, 0.1) is 0 Å². The maximum absolute atomic E-state index is 9.88. The molecule has 0 aliphatic rings. The molecule has 0 amide bonds. The summed E-state index contributed by atoms with van der Waals surface area (Å²) in [6.45, 7) is 3.07. The fourth-order valence-electron chi connectivity index (χ4n) is 0.0827. The van der Waals surface area contributed by atoms with Crippen molar-refractivity contribution in [2.24, 2.45) is 0 Å². The highest BCUT2D eigenvalue weighted by Crippen LogP contribution is 1.93. The van der Waals surface area contributed by atoms with Gasteiger partial charge >= 0.3 is 14.7 Å². The maximum atomic E-state index is 9.88. The molecule has 0 radical (unpaired) electrons. The number of carbonyl (C=O) groups is 1. The molecule has 0 fully saturated rings. The lowest BCUT2D eigenvalue weighted by Crippen LogP contribution is -1.86. The van der Waals surface area contributed by atoms with E-state index in [2.05, 4.69) is 11.1 Å². The first-order chi connectivity index (χ1) is 3.31. The van der Waals surface area contributed by atoms with Crippen LogP contribution in [0.25, 0.3) is 0 Å². The summed E-state index contributed by atoms with van der Waals surface area (Å²) in [7, 11) is -1.03. The molecule has 0 N–H and O–H groups in total. The standard InChI is InChI=1S/C3H4O3P/c1-2-3(4)6-7-5/h2,7H,1H2/q+1. The van der Waals surface area contributed by atoms with Crippen LogP contribution in [0.2, 0.25) is 0 Å². The largest absolute Gasteiger partial charge is 0.545 e. The van der Waals surface area contributed by atoms with Gasteiger partial charge in [-0.1, -0.05) is 6.58 Å². The molecule has 4 heteroatoms. The van der Waals surface area contributed by atoms with Crippen LogP contribution in [0.3, 0.4) is 0 Å². The third-order valence-corrected chi connectivity index (χ3v) is 0.593. The van der Waals surface area contributed by atoms with E-state index in [4.69, 9.17) is 0 Å². The second-order valence-corrected chi connectivity index (χ2v) is 1.08. The zero-order valence-electron chi connectivity index (χ0n) is 3.51. The van der Waals surface area contributed by atoms with Gasteiger partial charge < -0.3 is 0 Å². The molecule has 0 aliphatic carbocycles. The van der Waals surface area contributed by atoms with E-state index in [1.165, 1.54) is 0 Å². The minimum absolute atomic E-state index is 0.659. The second kappa shape index (κ2) is 3.50. The van der Waals surface area contributed by atoms with E-state index in [1.54, 1.807) is 0 Å². The zero-order chi connectivity index (χ0) is 5.70. The summed E-state index contributed by atoms with van der Waals surface area (Å²) in [5, 5.41) is 0. The van der Waals surface area contributed by atoms with Crippen LogP contribution in [0.5, 0.6) is 0 Å². The number of hydrogen-bond donors (Lipinski definition) is 0. The van der Waals surface area contributed by atoms with Crippen molar-refractivity contribution >= 4 is 14.7 Å². The minimum Gasteiger partial charge on any atom is -0.241 e. The average molecular weight is 119 g/mol. The molecule has 0 bridgehead atoms. The topological polar surface area (TPSA) is 43.4 Å². The first-order valence-corrected chi connectivity index (χ1v) is 2.33. The third kappa shape index (κ3) is 3.13. The fraction of sp³-hybridized carbons (Fsp3) is 0. The van der Waals surface area contributed by atoms with Crippen molar-refractivity contribution < 1.29 is 13.9 Å². The molecule has 38 valence electrons. The maximum Gasteiger partial charge on any atom is 0.545 e. The van der Waals surface area contributed by atoms with E-state index in [0.29, 0.717) is 0 Å². The Balaban J connectivity index is 3.36. The fourth-order valence-corrected chi connectivity index (χ4v) is 0.248. The van der Waals surface area contributed by atoms with Crippen molar-refractivity contribution in [1.29, 1.82) is 0 Å². The average Bonchev–Trinajstić information content (AvgIpc) is 1.68. The zero-order valence-corrected chi connectivity index (χ0v) is 4.51. The van der Waals surface area contributed by atoms with Crippen molar-refractivity contribution in [3.8, 4) is 0 Å². The van der Waals surface area contributed by atoms with Gasteiger partial charge in [-0.3, -0.25) is 0 Å². The lowest BCUT2D eigenvalue weighted by molar-refractivity contribution is -0.128. The summed E-state index contributed by atoms with van der Waals surface area (Å²) >= 11 is 0. The highest BCUT2D eigenvalue weighted by atomic mass is 31.1. The molecule has 0 rings (SSSR count). The van der Waals surface area contributed by atoms with Gasteiger partial charge in [-0.05, 0) is 4.57 Å². The Bertz CT molecular complexity index is 98.4. The predicted molar refractivity (Wildman–Crippen MR) is 25.3 cm³/mol. The van der Waals surface area contributed by atoms with E-state index in [0.717, 1.165) is 6.08 Å². The SMILES string of the molecule is C=CC(=O)O[PH+]=O. The summed E-state index contributed by atoms with van der Waals surface area (Å²) in [6, 6.07) is 0. The lowest BCUT2D eigenvalue weighted by atomic mass is 10.7. The molecule has 7 heavy (non-hydrogen) atoms. The van der Waals surface area contributed by atoms with Crippen LogP contribution in [0.4, 0.5) is 0 Å². The Morgan fingerprint density at radius 1 is 1.86 bits per heavy atom. The first-order valence-electron chi connectivity index (χ1n) is 1.51. The van der Waals surface area contributed by atoms with E-state index < -0.39 is 14.7 Å². The molecular weight excluding hydrogens is 115 g/mol. The van der Waals surface area contributed by atoms with Gasteiger partial charge in [-0.25, -0.2) is 9.32 Å². The van der Waals surface area contributed by atoms with Gasteiger partial charge in [-0.15, -0.1) is 0 Å². The van der Waals surface area contributed by atoms with E-state index >= 15 is 0 Å². The lowest BCUT2D eigenvalue weighted by Gasteiger charge is -1.70. The van der Waals surface area contributed by atoms with Crippen LogP contribution >= 0.6 is 8.69 Å². The van der Waals surface area contributed by atoms with E-state index in [-0.39, 0.29) is 0 Å². The van der Waals surface area contributed by atoms with Crippen LogP contribution in [0, 0.1) is 0 Å². The predicted octanol–water partition coefficient (Wildman–Crippen LogP) is 0.655. The Labute approximate surface area is 42.3 Å². The molecule has 0 saturated carbocycles. The molecule has 0 spiro atoms. The highest BCUT2D eigenvalue weighted by Gasteiger charge is 1.96. The Morgan fingerprint density at radius 3 is 2.57 bits per heavy atom. The minimum atomic E-state index is -1.03. The van der Waals surface area contributed by atoms with Gasteiger partial charge in [-0.2, -0.15) is 0 Å². The van der Waals surface area contributed by atoms with Crippen molar-refractivity contribution in [3.05, 3.63) is 12.7 Å². The monoisotopic (exact) mass is 119 g/mol. The van der Waals surface area contributed by atoms with E-state index in [9.17, 15) is 9.36 Å². The van der Waals surface area contributed by atoms with Crippen molar-refractivity contribution in [2.45, 2.75) is 0 Å². The van der Waals surface area contributed by atoms with Gasteiger partial charge in [0, 0.05) is 6.08 Å². The Kier molecular flexibility index (Phi) is 3.15. The van der Waals surface area contributed by atoms with Crippen molar-refractivity contribution in [2.75, 3.05) is 0 Å². The molecule has 0 saturated heterocycles. The third-order valence-electron chi connectivity index (χ3n) is 0.309. The van der Waals surface area contributed by atoms with Crippen molar-refractivity contribution in [3.63, 3.8) is 0 Å². The molecule has 3 nitrogen and oxygen atoms in total. The van der Waals surface area contributed by atoms with Crippen LogP contribution in [0.1, 0.15) is 0 Å². The summed E-state index contributed by atoms with van der Waals surface area (Å²) in [4.78, 5) is 9.88. The molecule has 0 heterocycles. The summed E-state index contributed by atoms with van der Waals surface area (Å²) in [5.41, 5.74) is 0. The summed E-state index contributed by atoms with van der Waals surface area (Å²) in [6.07, 6.45) is 0.949. The Hall–Kier alpha value is -0.690. The Morgan fingerprint density at radius 2 is 2.43 bits per heavy atom. The van der Waals surface area contributed by atoms with Gasteiger partial charge in [0.2, 0.25) is 0 Å². The number of carbonyl (C=O) groups excluding carboxylic acids is 1. The summed E-state index contributed by atoms with van der Waals surface area (Å²) < 4.78 is 13.3. The van der Waals surface area contributed by atoms with Crippen LogP contribution in [-0.2, 0) is 13.9 Å². The normalized spacial score (nSPS) is 8.00. The second-order valence-electron chi connectivity index (χ2n) is 0.709. The molecule has 0 aromatic carbocycles. The van der Waals surface area contributed by atoms with E-state index in [1.807, 2.05) is 0 Å². The van der Waals surface area contributed by atoms with Gasteiger partial charge in [0.1, 0.15) is 0 Å². The highest BCUT2D eigenvalue weighted by molar-refractivity contribution is 7.18. The van der Waals surface area contributed by atoms with Crippen LogP contribution in [0.15, 0.2) is 12.7 Å².